The van der Waals surface area contributed by atoms with Crippen molar-refractivity contribution in [2.75, 3.05) is 13.7 Å². The second kappa shape index (κ2) is 16.1. The predicted molar refractivity (Wildman–Crippen MR) is 144 cm³/mol. The van der Waals surface area contributed by atoms with E-state index in [1.54, 1.807) is 13.0 Å². The number of methoxy groups -OCH3 is 1. The fourth-order valence-corrected chi connectivity index (χ4v) is 3.49. The van der Waals surface area contributed by atoms with Gasteiger partial charge >= 0.3 is 23.9 Å². The minimum Gasteiger partial charge on any atom is -0.468 e. The molecule has 2 N–H and O–H groups in total. The first-order valence-electron chi connectivity index (χ1n) is 13.5. The first-order valence-corrected chi connectivity index (χ1v) is 13.5. The fraction of sp³-hybridized carbons (Fsp3) is 0.655. The van der Waals surface area contributed by atoms with E-state index in [0.717, 1.165) is 12.8 Å². The minimum absolute atomic E-state index is 0.0115. The number of benzene rings is 1. The highest BCUT2D eigenvalue weighted by atomic mass is 16.6. The third-order valence-electron chi connectivity index (χ3n) is 6.80. The molecule has 1 aromatic rings. The molecule has 0 aliphatic rings. The zero-order valence-corrected chi connectivity index (χ0v) is 24.0. The maximum Gasteiger partial charge on any atom is 0.326 e. The SMILES string of the molecule is CCC(C)CC(=O)Oc1ccc(C[C@](N)(CCOC(=O)C(C)CC)C(=O)OC)cc1OC(=O)CC(C)CC. The Morgan fingerprint density at radius 3 is 1.92 bits per heavy atom. The lowest BCUT2D eigenvalue weighted by atomic mass is 9.88. The Balaban J connectivity index is 3.20. The van der Waals surface area contributed by atoms with Crippen molar-refractivity contribution in [2.45, 2.75) is 92.0 Å². The third-order valence-corrected chi connectivity index (χ3v) is 6.80. The zero-order valence-electron chi connectivity index (χ0n) is 24.0. The molecule has 0 spiro atoms. The number of nitrogens with two attached hydrogens (primary N) is 1. The van der Waals surface area contributed by atoms with E-state index in [0.29, 0.717) is 12.0 Å². The second-order valence-electron chi connectivity index (χ2n) is 10.2. The first-order chi connectivity index (χ1) is 17.9. The van der Waals surface area contributed by atoms with Crippen molar-refractivity contribution < 1.29 is 38.1 Å². The van der Waals surface area contributed by atoms with Gasteiger partial charge in [-0.3, -0.25) is 19.2 Å². The summed E-state index contributed by atoms with van der Waals surface area (Å²) in [5.41, 5.74) is 5.50. The minimum atomic E-state index is -1.50. The number of carbonyl (C=O) groups is 4. The number of carbonyl (C=O) groups excluding carboxylic acids is 4. The van der Waals surface area contributed by atoms with Crippen LogP contribution in [0.3, 0.4) is 0 Å². The Morgan fingerprint density at radius 2 is 1.42 bits per heavy atom. The lowest BCUT2D eigenvalue weighted by Crippen LogP contribution is -2.51. The summed E-state index contributed by atoms with van der Waals surface area (Å²) in [6.07, 6.45) is 2.73. The average Bonchev–Trinajstić information content (AvgIpc) is 2.88. The molecule has 0 bridgehead atoms. The van der Waals surface area contributed by atoms with Gasteiger partial charge in [0.25, 0.3) is 0 Å². The summed E-state index contributed by atoms with van der Waals surface area (Å²) < 4.78 is 21.4. The van der Waals surface area contributed by atoms with Crippen molar-refractivity contribution in [3.63, 3.8) is 0 Å². The van der Waals surface area contributed by atoms with Gasteiger partial charge in [-0.15, -0.1) is 0 Å². The van der Waals surface area contributed by atoms with Gasteiger partial charge in [0.15, 0.2) is 11.5 Å². The highest BCUT2D eigenvalue weighted by Crippen LogP contribution is 2.32. The van der Waals surface area contributed by atoms with Crippen LogP contribution in [0.15, 0.2) is 18.2 Å². The molecular weight excluding hydrogens is 490 g/mol. The highest BCUT2D eigenvalue weighted by Gasteiger charge is 2.36. The molecule has 0 saturated heterocycles. The van der Waals surface area contributed by atoms with Crippen LogP contribution in [-0.4, -0.2) is 43.1 Å². The summed E-state index contributed by atoms with van der Waals surface area (Å²) in [4.78, 5) is 49.7. The standard InChI is InChI=1S/C29H45NO8/c1-8-19(4)15-25(31)37-23-12-11-22(17-24(23)38-26(32)16-20(5)9-2)18-29(30,28(34)35-7)13-14-36-27(33)21(6)10-3/h11-12,17,19-21H,8-10,13-16,18,30H2,1-7H3/t19?,20?,21?,29-/m1/s1. The van der Waals surface area contributed by atoms with Crippen molar-refractivity contribution >= 4 is 23.9 Å². The van der Waals surface area contributed by atoms with Crippen molar-refractivity contribution in [2.24, 2.45) is 23.5 Å². The number of hydrogen-bond acceptors (Lipinski definition) is 9. The van der Waals surface area contributed by atoms with Crippen molar-refractivity contribution in [3.8, 4) is 11.5 Å². The smallest absolute Gasteiger partial charge is 0.326 e. The van der Waals surface area contributed by atoms with Gasteiger partial charge in [0.2, 0.25) is 0 Å². The van der Waals surface area contributed by atoms with E-state index in [9.17, 15) is 19.2 Å². The summed E-state index contributed by atoms with van der Waals surface area (Å²) in [5.74, 6) is -1.73. The maximum absolute atomic E-state index is 12.6. The summed E-state index contributed by atoms with van der Waals surface area (Å²) in [6.45, 7) is 11.4. The van der Waals surface area contributed by atoms with Gasteiger partial charge in [-0.05, 0) is 36.0 Å². The van der Waals surface area contributed by atoms with Crippen molar-refractivity contribution in [1.29, 1.82) is 0 Å². The Bertz CT molecular complexity index is 947. The van der Waals surface area contributed by atoms with Crippen LogP contribution < -0.4 is 15.2 Å². The topological polar surface area (TPSA) is 131 Å². The van der Waals surface area contributed by atoms with Crippen LogP contribution >= 0.6 is 0 Å². The van der Waals surface area contributed by atoms with Gasteiger partial charge in [-0.25, -0.2) is 0 Å². The van der Waals surface area contributed by atoms with Gasteiger partial charge in [-0.2, -0.15) is 0 Å². The first kappa shape index (κ1) is 33.1. The molecule has 38 heavy (non-hydrogen) atoms. The number of hydrogen-bond donors (Lipinski definition) is 1. The van der Waals surface area contributed by atoms with Gasteiger partial charge < -0.3 is 24.7 Å². The van der Waals surface area contributed by atoms with Crippen LogP contribution in [0.25, 0.3) is 0 Å². The largest absolute Gasteiger partial charge is 0.468 e. The molecule has 0 amide bonds. The molecule has 4 atom stereocenters. The lowest BCUT2D eigenvalue weighted by molar-refractivity contribution is -0.153. The zero-order chi connectivity index (χ0) is 28.9. The lowest BCUT2D eigenvalue weighted by Gasteiger charge is -2.27. The Morgan fingerprint density at radius 1 is 0.868 bits per heavy atom. The maximum atomic E-state index is 12.6. The van der Waals surface area contributed by atoms with E-state index in [1.165, 1.54) is 19.2 Å². The van der Waals surface area contributed by atoms with E-state index in [4.69, 9.17) is 24.7 Å². The monoisotopic (exact) mass is 535 g/mol. The summed E-state index contributed by atoms with van der Waals surface area (Å²) >= 11 is 0. The van der Waals surface area contributed by atoms with Gasteiger partial charge in [0, 0.05) is 25.7 Å². The Kier molecular flexibility index (Phi) is 14.0. The molecule has 0 radical (unpaired) electrons. The molecule has 9 nitrogen and oxygen atoms in total. The summed E-state index contributed by atoms with van der Waals surface area (Å²) in [6, 6.07) is 4.71. The third kappa shape index (κ3) is 10.8. The quantitative estimate of drug-likeness (QED) is 0.235. The molecule has 1 aromatic carbocycles. The van der Waals surface area contributed by atoms with E-state index >= 15 is 0 Å². The highest BCUT2D eigenvalue weighted by molar-refractivity contribution is 5.81. The van der Waals surface area contributed by atoms with Crippen LogP contribution in [0, 0.1) is 17.8 Å². The van der Waals surface area contributed by atoms with Gasteiger partial charge in [0.1, 0.15) is 5.54 Å². The molecule has 9 heteroatoms. The van der Waals surface area contributed by atoms with Gasteiger partial charge in [-0.1, -0.05) is 60.5 Å². The van der Waals surface area contributed by atoms with E-state index < -0.39 is 23.4 Å². The molecule has 214 valence electrons. The predicted octanol–water partition coefficient (Wildman–Crippen LogP) is 4.76. The van der Waals surface area contributed by atoms with E-state index in [2.05, 4.69) is 0 Å². The van der Waals surface area contributed by atoms with E-state index in [1.807, 2.05) is 34.6 Å². The molecule has 0 aromatic heterocycles. The Hall–Kier alpha value is -2.94. The molecule has 1 rings (SSSR count). The molecule has 0 aliphatic carbocycles. The average molecular weight is 536 g/mol. The van der Waals surface area contributed by atoms with Gasteiger partial charge in [0.05, 0.1) is 19.6 Å². The van der Waals surface area contributed by atoms with Crippen LogP contribution in [0.2, 0.25) is 0 Å². The van der Waals surface area contributed by atoms with Crippen LogP contribution in [0.1, 0.15) is 85.6 Å². The van der Waals surface area contributed by atoms with Crippen molar-refractivity contribution in [3.05, 3.63) is 23.8 Å². The van der Waals surface area contributed by atoms with Crippen molar-refractivity contribution in [1.82, 2.24) is 0 Å². The molecule has 0 aliphatic heterocycles. The molecule has 0 saturated carbocycles. The summed E-state index contributed by atoms with van der Waals surface area (Å²) in [5, 5.41) is 0. The van der Waals surface area contributed by atoms with Crippen LogP contribution in [0.4, 0.5) is 0 Å². The summed E-state index contributed by atoms with van der Waals surface area (Å²) in [7, 11) is 1.23. The van der Waals surface area contributed by atoms with E-state index in [-0.39, 0.29) is 67.5 Å². The van der Waals surface area contributed by atoms with Crippen LogP contribution in [-0.2, 0) is 35.1 Å². The normalized spacial score (nSPS) is 14.9. The fourth-order valence-electron chi connectivity index (χ4n) is 3.49. The number of ether oxygens (including phenoxy) is 4. The molecular formula is C29H45NO8. The molecule has 0 fully saturated rings. The number of esters is 4. The second-order valence-corrected chi connectivity index (χ2v) is 10.2. The molecule has 3 unspecified atom stereocenters. The number of rotatable bonds is 16. The molecule has 0 heterocycles. The van der Waals surface area contributed by atoms with Crippen LogP contribution in [0.5, 0.6) is 11.5 Å². The Labute approximate surface area is 226 Å².